The maximum absolute atomic E-state index is 12.8. The van der Waals surface area contributed by atoms with Gasteiger partial charge in [-0.15, -0.1) is 0 Å². The molecule has 0 saturated heterocycles. The average molecular weight is 410 g/mol. The van der Waals surface area contributed by atoms with Gasteiger partial charge in [-0.3, -0.25) is 4.79 Å². The lowest BCUT2D eigenvalue weighted by atomic mass is 9.78. The van der Waals surface area contributed by atoms with Gasteiger partial charge < -0.3 is 10.4 Å². The van der Waals surface area contributed by atoms with E-state index in [-0.39, 0.29) is 17.4 Å². The molecule has 28 heavy (non-hydrogen) atoms. The Labute approximate surface area is 163 Å². The van der Waals surface area contributed by atoms with Crippen LogP contribution in [-0.2, 0) is 11.0 Å². The lowest BCUT2D eigenvalue weighted by Crippen LogP contribution is -2.29. The molecule has 1 aliphatic carbocycles. The second-order valence-corrected chi connectivity index (χ2v) is 6.90. The van der Waals surface area contributed by atoms with E-state index >= 15 is 0 Å². The summed E-state index contributed by atoms with van der Waals surface area (Å²) in [6.07, 6.45) is -0.0869. The summed E-state index contributed by atoms with van der Waals surface area (Å²) >= 11 is 6.08. The maximum Gasteiger partial charge on any atom is 0.433 e. The lowest BCUT2D eigenvalue weighted by molar-refractivity contribution is -0.145. The molecule has 1 unspecified atom stereocenters. The van der Waals surface area contributed by atoms with Crippen LogP contribution in [-0.4, -0.2) is 21.0 Å². The molecule has 0 radical (unpaired) electrons. The fourth-order valence-electron chi connectivity index (χ4n) is 2.76. The molecule has 0 spiro atoms. The number of nitrogens with one attached hydrogen (secondary N) is 1. The third-order valence-corrected chi connectivity index (χ3v) is 4.95. The highest BCUT2D eigenvalue weighted by Crippen LogP contribution is 2.43. The summed E-state index contributed by atoms with van der Waals surface area (Å²) in [5.74, 6) is -1.23. The number of carboxylic acids is 1. The van der Waals surface area contributed by atoms with Crippen molar-refractivity contribution in [1.82, 2.24) is 9.97 Å². The molecular weight excluding hydrogens is 395 g/mol. The molecular formula is C19H15ClF3N3O2. The zero-order valence-electron chi connectivity index (χ0n) is 14.6. The van der Waals surface area contributed by atoms with Crippen molar-refractivity contribution in [3.8, 4) is 0 Å². The fourth-order valence-corrected chi connectivity index (χ4v) is 2.97. The number of carbonyl (C=O) groups is 1. The molecule has 1 aliphatic rings. The number of allylic oxidation sites excluding steroid dienone is 3. The summed E-state index contributed by atoms with van der Waals surface area (Å²) in [6.45, 7) is 1.54. The highest BCUT2D eigenvalue weighted by Gasteiger charge is 2.39. The Balaban J connectivity index is 1.87. The predicted octanol–water partition coefficient (Wildman–Crippen LogP) is 5.24. The van der Waals surface area contributed by atoms with E-state index in [0.29, 0.717) is 11.3 Å². The summed E-state index contributed by atoms with van der Waals surface area (Å²) in [7, 11) is 0. The minimum Gasteiger partial charge on any atom is -0.481 e. The number of carboxylic acid groups (broad SMARTS) is 1. The van der Waals surface area contributed by atoms with E-state index in [0.717, 1.165) is 17.8 Å². The molecule has 1 atom stereocenters. The number of rotatable bonds is 4. The highest BCUT2D eigenvalue weighted by molar-refractivity contribution is 6.32. The van der Waals surface area contributed by atoms with E-state index in [1.807, 2.05) is 0 Å². The van der Waals surface area contributed by atoms with Crippen molar-refractivity contribution in [3.63, 3.8) is 0 Å². The van der Waals surface area contributed by atoms with Gasteiger partial charge >= 0.3 is 12.1 Å². The maximum atomic E-state index is 12.8. The van der Waals surface area contributed by atoms with Crippen molar-refractivity contribution < 1.29 is 23.1 Å². The summed E-state index contributed by atoms with van der Waals surface area (Å²) in [4.78, 5) is 18.9. The predicted molar refractivity (Wildman–Crippen MR) is 99.0 cm³/mol. The first-order valence-corrected chi connectivity index (χ1v) is 8.55. The number of halogens is 4. The minimum absolute atomic E-state index is 0.182. The molecule has 0 bridgehead atoms. The zero-order chi connectivity index (χ0) is 20.5. The summed E-state index contributed by atoms with van der Waals surface area (Å²) < 4.78 is 38.4. The Morgan fingerprint density at radius 2 is 2.04 bits per heavy atom. The third-order valence-electron chi connectivity index (χ3n) is 4.41. The van der Waals surface area contributed by atoms with Crippen LogP contribution in [0, 0.1) is 5.41 Å². The normalized spacial score (nSPS) is 19.6. The van der Waals surface area contributed by atoms with Gasteiger partial charge in [-0.25, -0.2) is 9.97 Å². The van der Waals surface area contributed by atoms with E-state index in [1.54, 1.807) is 43.3 Å². The van der Waals surface area contributed by atoms with Crippen LogP contribution in [0.5, 0.6) is 0 Å². The molecule has 9 heteroatoms. The number of hydrogen-bond donors (Lipinski definition) is 2. The molecule has 0 amide bonds. The molecule has 5 nitrogen and oxygen atoms in total. The van der Waals surface area contributed by atoms with E-state index in [2.05, 4.69) is 15.3 Å². The van der Waals surface area contributed by atoms with Gasteiger partial charge in [0.15, 0.2) is 0 Å². The molecule has 0 saturated carbocycles. The molecule has 1 aromatic carbocycles. The SMILES string of the molecule is CC1(C(=O)O)CC(c2cccc(Nc3nccc(C(F)(F)F)n3)c2)=CC=C1Cl. The van der Waals surface area contributed by atoms with E-state index < -0.39 is 23.3 Å². The Kier molecular flexibility index (Phi) is 5.16. The standard InChI is InChI=1S/C19H15ClF3N3O2/c1-18(16(27)28)10-12(5-6-14(18)20)11-3-2-4-13(9-11)25-17-24-8-7-15(26-17)19(21,22)23/h2-9H,10H2,1H3,(H,27,28)(H,24,25,26). The Morgan fingerprint density at radius 3 is 2.71 bits per heavy atom. The van der Waals surface area contributed by atoms with Crippen molar-refractivity contribution in [2.75, 3.05) is 5.32 Å². The Hall–Kier alpha value is -2.87. The second kappa shape index (κ2) is 7.27. The number of hydrogen-bond acceptors (Lipinski definition) is 4. The van der Waals surface area contributed by atoms with Crippen molar-refractivity contribution in [1.29, 1.82) is 0 Å². The van der Waals surface area contributed by atoms with Crippen LogP contribution in [0.15, 0.2) is 53.7 Å². The molecule has 2 aromatic rings. The van der Waals surface area contributed by atoms with Crippen LogP contribution < -0.4 is 5.32 Å². The number of aliphatic carboxylic acids is 1. The summed E-state index contributed by atoms with van der Waals surface area (Å²) in [5, 5.41) is 12.5. The lowest BCUT2D eigenvalue weighted by Gasteiger charge is -2.28. The summed E-state index contributed by atoms with van der Waals surface area (Å²) in [5.41, 5.74) is -0.365. The van der Waals surface area contributed by atoms with Crippen molar-refractivity contribution in [3.05, 3.63) is 65.0 Å². The molecule has 0 aliphatic heterocycles. The average Bonchev–Trinajstić information content (AvgIpc) is 2.63. The Morgan fingerprint density at radius 1 is 1.29 bits per heavy atom. The van der Waals surface area contributed by atoms with Gasteiger partial charge in [-0.2, -0.15) is 13.2 Å². The molecule has 146 valence electrons. The highest BCUT2D eigenvalue weighted by atomic mass is 35.5. The molecule has 2 N–H and O–H groups in total. The smallest absolute Gasteiger partial charge is 0.433 e. The van der Waals surface area contributed by atoms with E-state index in [9.17, 15) is 23.1 Å². The topological polar surface area (TPSA) is 75.1 Å². The zero-order valence-corrected chi connectivity index (χ0v) is 15.3. The number of alkyl halides is 3. The number of nitrogens with zero attached hydrogens (tertiary/aromatic N) is 2. The molecule has 3 rings (SSSR count). The van der Waals surface area contributed by atoms with Gasteiger partial charge in [0.25, 0.3) is 0 Å². The van der Waals surface area contributed by atoms with Gasteiger partial charge in [0.2, 0.25) is 5.95 Å². The van der Waals surface area contributed by atoms with Gasteiger partial charge in [0.05, 0.1) is 0 Å². The largest absolute Gasteiger partial charge is 0.481 e. The molecule has 1 heterocycles. The van der Waals surface area contributed by atoms with Crippen LogP contribution in [0.4, 0.5) is 24.8 Å². The second-order valence-electron chi connectivity index (χ2n) is 6.49. The van der Waals surface area contributed by atoms with Crippen LogP contribution in [0.3, 0.4) is 0 Å². The first-order chi connectivity index (χ1) is 13.1. The van der Waals surface area contributed by atoms with Crippen molar-refractivity contribution >= 4 is 34.8 Å². The number of benzene rings is 1. The fraction of sp³-hybridized carbons (Fsp3) is 0.211. The third kappa shape index (κ3) is 4.01. The monoisotopic (exact) mass is 409 g/mol. The Bertz CT molecular complexity index is 988. The van der Waals surface area contributed by atoms with Gasteiger partial charge in [-0.05, 0) is 48.8 Å². The van der Waals surface area contributed by atoms with Crippen LogP contribution in [0.2, 0.25) is 0 Å². The molecule has 0 fully saturated rings. The number of anilines is 2. The summed E-state index contributed by atoms with van der Waals surface area (Å²) in [6, 6.07) is 7.60. The van der Waals surface area contributed by atoms with Gasteiger partial charge in [-0.1, -0.05) is 29.8 Å². The first-order valence-electron chi connectivity index (χ1n) is 8.17. The van der Waals surface area contributed by atoms with Crippen molar-refractivity contribution in [2.24, 2.45) is 5.41 Å². The van der Waals surface area contributed by atoms with E-state index in [4.69, 9.17) is 11.6 Å². The molecule has 1 aromatic heterocycles. The quantitative estimate of drug-likeness (QED) is 0.722. The van der Waals surface area contributed by atoms with Crippen molar-refractivity contribution in [2.45, 2.75) is 19.5 Å². The first kappa shape index (κ1) is 19.9. The minimum atomic E-state index is -4.57. The van der Waals surface area contributed by atoms with E-state index in [1.165, 1.54) is 0 Å². The van der Waals surface area contributed by atoms with Gasteiger partial charge in [0, 0.05) is 16.9 Å². The van der Waals surface area contributed by atoms with Crippen LogP contribution in [0.25, 0.3) is 5.57 Å². The van der Waals surface area contributed by atoms with Crippen LogP contribution in [0.1, 0.15) is 24.6 Å². The van der Waals surface area contributed by atoms with Gasteiger partial charge in [0.1, 0.15) is 11.1 Å². The van der Waals surface area contributed by atoms with Crippen LogP contribution >= 0.6 is 11.6 Å². The number of aromatic nitrogens is 2.